The normalized spacial score (nSPS) is 17.0. The number of nitrogens with one attached hydrogen (secondary N) is 2. The fourth-order valence-electron chi connectivity index (χ4n) is 11.8. The number of carbonyl (C=O) groups is 2. The molecule has 1 aliphatic rings. The van der Waals surface area contributed by atoms with Crippen molar-refractivity contribution in [2.75, 3.05) is 32.8 Å². The number of terminal acetylenes is 1. The molecule has 19 heteroatoms. The molecule has 0 aliphatic carbocycles. The van der Waals surface area contributed by atoms with Crippen LogP contribution in [0.1, 0.15) is 110 Å². The fourth-order valence-corrected chi connectivity index (χ4v) is 13.5. The molecule has 0 amide bonds. The number of benzene rings is 7. The second-order valence-corrected chi connectivity index (χ2v) is 24.3. The molecule has 10 rings (SSSR count). The first-order valence-corrected chi connectivity index (χ1v) is 32.5. The van der Waals surface area contributed by atoms with Gasteiger partial charge in [-0.15, -0.1) is 6.42 Å². The number of fused-ring (bicyclic) bond motifs is 1. The number of anilines is 1. The molecule has 0 saturated carbocycles. The average Bonchev–Trinajstić information content (AvgIpc) is 1.31. The Labute approximate surface area is 536 Å². The van der Waals surface area contributed by atoms with Crippen molar-refractivity contribution in [1.82, 2.24) is 24.6 Å². The summed E-state index contributed by atoms with van der Waals surface area (Å²) in [5.74, 6) is 1.83. The molecule has 0 radical (unpaired) electrons. The van der Waals surface area contributed by atoms with Gasteiger partial charge in [-0.25, -0.2) is 19.4 Å². The van der Waals surface area contributed by atoms with Gasteiger partial charge in [-0.2, -0.15) is 14.4 Å². The van der Waals surface area contributed by atoms with E-state index in [2.05, 4.69) is 33.2 Å². The van der Waals surface area contributed by atoms with Crippen LogP contribution in [-0.4, -0.2) is 87.8 Å². The van der Waals surface area contributed by atoms with Gasteiger partial charge in [0.15, 0.2) is 28.7 Å². The molecule has 3 heterocycles. The van der Waals surface area contributed by atoms with E-state index >= 15 is 8.96 Å². The molecule has 9 aromatic rings. The third-order valence-corrected chi connectivity index (χ3v) is 18.3. The summed E-state index contributed by atoms with van der Waals surface area (Å²) in [5, 5.41) is 17.1. The third-order valence-electron chi connectivity index (χ3n) is 16.6. The van der Waals surface area contributed by atoms with Crippen molar-refractivity contribution >= 4 is 36.7 Å². The minimum Gasteiger partial charge on any atom is -0.497 e. The van der Waals surface area contributed by atoms with E-state index in [1.54, 1.807) is 44.6 Å². The maximum absolute atomic E-state index is 16.8. The van der Waals surface area contributed by atoms with Crippen LogP contribution < -0.4 is 19.9 Å². The largest absolute Gasteiger partial charge is 0.497 e. The van der Waals surface area contributed by atoms with Gasteiger partial charge in [0, 0.05) is 6.42 Å². The number of aliphatic carboxylic acids is 1. The number of rotatable bonds is 32. The van der Waals surface area contributed by atoms with Crippen molar-refractivity contribution in [3.05, 3.63) is 252 Å². The van der Waals surface area contributed by atoms with Gasteiger partial charge in [0.2, 0.25) is 0 Å². The van der Waals surface area contributed by atoms with Gasteiger partial charge in [0.05, 0.1) is 27.2 Å². The number of ether oxygens (including phenoxy) is 5. The zero-order valence-corrected chi connectivity index (χ0v) is 52.8. The summed E-state index contributed by atoms with van der Waals surface area (Å²) >= 11 is 0. The lowest BCUT2D eigenvalue weighted by Gasteiger charge is -2.41. The Bertz CT molecular complexity index is 3860. The summed E-state index contributed by atoms with van der Waals surface area (Å²) in [4.78, 5) is 40.7. The molecule has 1 aliphatic heterocycles. The van der Waals surface area contributed by atoms with Crippen molar-refractivity contribution in [3.63, 3.8) is 0 Å². The van der Waals surface area contributed by atoms with Crippen LogP contribution >= 0.6 is 7.75 Å². The standard InChI is InChI=1S/C73H76FN6O11P/c1-6-8-9-10-11-12-28-47-87-69(83)52(3)91-92(84,79-62(68(81)82)48-53-29-18-13-19-30-53)88-50-71(7-2)63(89-73(57-35-24-16-25-36-57,58-37-26-17-27-38-58)59-41-45-61(86-5)46-42-59)49-64(90-71)80-51-75-65-66(76-70(74)77-67(65)80)78-72(54-31-20-14-21-32-54,55-33-22-15-23-34-55)56-39-43-60(85-4)44-40-56/h2,13-27,29-46,51-52,62-64H,6,8-12,28,47-50H2,1,3-5H3,(H,79,84)(H,81,82)(H,76,77,78)/t52?,62?,63-,64+,71+,92?/m0/s1. The van der Waals surface area contributed by atoms with E-state index in [0.717, 1.165) is 55.2 Å². The lowest BCUT2D eigenvalue weighted by Crippen LogP contribution is -2.49. The van der Waals surface area contributed by atoms with Crippen LogP contribution in [0, 0.1) is 18.4 Å². The Morgan fingerprint density at radius 3 is 1.76 bits per heavy atom. The first kappa shape index (κ1) is 65.9. The Morgan fingerprint density at radius 2 is 1.23 bits per heavy atom. The van der Waals surface area contributed by atoms with Crippen LogP contribution in [-0.2, 0) is 55.0 Å². The maximum atomic E-state index is 16.8. The number of halogens is 1. The van der Waals surface area contributed by atoms with Gasteiger partial charge in [-0.05, 0) is 83.0 Å². The molecule has 2 aromatic heterocycles. The number of hydrogen-bond donors (Lipinski definition) is 3. The van der Waals surface area contributed by atoms with Gasteiger partial charge >= 0.3 is 25.8 Å². The van der Waals surface area contributed by atoms with Crippen molar-refractivity contribution in [2.45, 2.75) is 113 Å². The number of esters is 1. The zero-order chi connectivity index (χ0) is 64.6. The highest BCUT2D eigenvalue weighted by Crippen LogP contribution is 2.53. The van der Waals surface area contributed by atoms with E-state index in [1.807, 2.05) is 170 Å². The van der Waals surface area contributed by atoms with Gasteiger partial charge < -0.3 is 34.1 Å². The molecular formula is C73H76FN6O11P. The van der Waals surface area contributed by atoms with Gasteiger partial charge in [-0.1, -0.05) is 227 Å². The van der Waals surface area contributed by atoms with Crippen molar-refractivity contribution in [3.8, 4) is 23.8 Å². The lowest BCUT2D eigenvalue weighted by molar-refractivity contribution is -0.152. The number of imidazole rings is 1. The number of methoxy groups -OCH3 is 2. The van der Waals surface area contributed by atoms with Crippen LogP contribution in [0.25, 0.3) is 11.2 Å². The molecule has 6 atom stereocenters. The van der Waals surface area contributed by atoms with Crippen molar-refractivity contribution in [2.24, 2.45) is 0 Å². The molecule has 3 unspecified atom stereocenters. The van der Waals surface area contributed by atoms with E-state index in [-0.39, 0.29) is 36.4 Å². The number of hydrogen-bond acceptors (Lipinski definition) is 14. The zero-order valence-electron chi connectivity index (χ0n) is 51.9. The number of nitrogens with zero attached hydrogens (tertiary/aromatic N) is 4. The van der Waals surface area contributed by atoms with Crippen LogP contribution in [0.2, 0.25) is 0 Å². The first-order valence-electron chi connectivity index (χ1n) is 30.9. The smallest absolute Gasteiger partial charge is 0.407 e. The van der Waals surface area contributed by atoms with Crippen LogP contribution in [0.3, 0.4) is 0 Å². The van der Waals surface area contributed by atoms with Crippen LogP contribution in [0.15, 0.2) is 207 Å². The Morgan fingerprint density at radius 1 is 0.728 bits per heavy atom. The predicted octanol–water partition coefficient (Wildman–Crippen LogP) is 14.2. The summed E-state index contributed by atoms with van der Waals surface area (Å²) in [6, 6.07) is 60.5. The van der Waals surface area contributed by atoms with Crippen LogP contribution in [0.4, 0.5) is 10.2 Å². The van der Waals surface area contributed by atoms with E-state index in [0.29, 0.717) is 40.2 Å². The van der Waals surface area contributed by atoms with E-state index in [1.165, 1.54) is 17.8 Å². The van der Waals surface area contributed by atoms with Gasteiger partial charge in [0.25, 0.3) is 0 Å². The van der Waals surface area contributed by atoms with Crippen molar-refractivity contribution < 1.29 is 56.4 Å². The predicted molar refractivity (Wildman–Crippen MR) is 349 cm³/mol. The number of unbranched alkanes of at least 4 members (excludes halogenated alkanes) is 6. The van der Waals surface area contributed by atoms with Gasteiger partial charge in [-0.3, -0.25) is 18.4 Å². The molecular weight excluding hydrogens is 1190 g/mol. The molecule has 0 bridgehead atoms. The Kier molecular flexibility index (Phi) is 21.8. The number of carbonyl (C=O) groups excluding carboxylic acids is 1. The molecule has 476 valence electrons. The minimum absolute atomic E-state index is 0.000468. The van der Waals surface area contributed by atoms with Gasteiger partial charge in [0.1, 0.15) is 47.6 Å². The van der Waals surface area contributed by atoms with E-state index in [4.69, 9.17) is 44.1 Å². The average molecular weight is 1260 g/mol. The first-order chi connectivity index (χ1) is 44.8. The second-order valence-electron chi connectivity index (χ2n) is 22.6. The van der Waals surface area contributed by atoms with Crippen LogP contribution in [0.5, 0.6) is 11.5 Å². The monoisotopic (exact) mass is 1260 g/mol. The lowest BCUT2D eigenvalue weighted by atomic mass is 9.77. The summed E-state index contributed by atoms with van der Waals surface area (Å²) in [6.45, 7) is 2.77. The summed E-state index contributed by atoms with van der Waals surface area (Å²) in [7, 11) is -1.86. The molecule has 92 heavy (non-hydrogen) atoms. The molecule has 7 aromatic carbocycles. The second kappa shape index (κ2) is 30.4. The molecule has 1 saturated heterocycles. The number of carboxylic acids is 1. The molecule has 0 spiro atoms. The Balaban J connectivity index is 1.08. The number of carboxylic acid groups (broad SMARTS) is 1. The highest BCUT2D eigenvalue weighted by atomic mass is 31.2. The topological polar surface area (TPSA) is 204 Å². The maximum Gasteiger partial charge on any atom is 0.407 e. The molecule has 17 nitrogen and oxygen atoms in total. The highest BCUT2D eigenvalue weighted by Gasteiger charge is 2.56. The summed E-state index contributed by atoms with van der Waals surface area (Å²) in [6.07, 6.45) is 9.70. The molecule has 1 fully saturated rings. The number of aromatic nitrogens is 4. The SMILES string of the molecule is C#C[C@]1(COP(=O)(NC(Cc2ccccc2)C(=O)O)OC(C)C(=O)OCCCCCCCCC)O[C@@H](n2cnc3c(NC(c4ccccc4)(c4ccccc4)c4ccc(OC)cc4)nc(F)nc32)C[C@@H]1OC(c1ccccc1)(c1ccccc1)c1ccc(OC)cc1. The highest BCUT2D eigenvalue weighted by molar-refractivity contribution is 7.51. The Hall–Kier alpha value is -9.05. The summed E-state index contributed by atoms with van der Waals surface area (Å²) < 4.78 is 78.4. The van der Waals surface area contributed by atoms with E-state index < -0.39 is 73.6 Å². The minimum atomic E-state index is -5.02. The summed E-state index contributed by atoms with van der Waals surface area (Å²) in [5.41, 5.74) is 0.237. The molecule has 3 N–H and O–H groups in total. The fraction of sp³-hybridized carbons (Fsp3) is 0.301. The quantitative estimate of drug-likeness (QED) is 0.00896. The van der Waals surface area contributed by atoms with E-state index in [9.17, 15) is 14.7 Å². The van der Waals surface area contributed by atoms with Crippen molar-refractivity contribution in [1.29, 1.82) is 0 Å². The third kappa shape index (κ3) is 14.8.